The van der Waals surface area contributed by atoms with Gasteiger partial charge in [-0.25, -0.2) is 0 Å². The molecule has 2 fully saturated rings. The molecule has 0 aromatic carbocycles. The predicted molar refractivity (Wildman–Crippen MR) is 77.5 cm³/mol. The highest BCUT2D eigenvalue weighted by Gasteiger charge is 2.32. The van der Waals surface area contributed by atoms with Crippen LogP contribution in [0.4, 0.5) is 0 Å². The van der Waals surface area contributed by atoms with Gasteiger partial charge in [-0.2, -0.15) is 0 Å². The van der Waals surface area contributed by atoms with Crippen molar-refractivity contribution < 1.29 is 0 Å². The summed E-state index contributed by atoms with van der Waals surface area (Å²) >= 11 is 0. The van der Waals surface area contributed by atoms with Crippen LogP contribution >= 0.6 is 0 Å². The van der Waals surface area contributed by atoms with Gasteiger partial charge in [-0.15, -0.1) is 0 Å². The monoisotopic (exact) mass is 259 g/mol. The Balaban J connectivity index is 1.66. The number of nitrogens with zero attached hydrogens (tertiary/aromatic N) is 2. The largest absolute Gasteiger partial charge is 0.326 e. The van der Waals surface area contributed by atoms with Crippen molar-refractivity contribution in [1.29, 1.82) is 0 Å². The van der Waals surface area contributed by atoms with Gasteiger partial charge in [-0.1, -0.05) is 18.9 Å². The average Bonchev–Trinajstić information content (AvgIpc) is 2.48. The first-order chi connectivity index (χ1) is 9.36. The molecule has 1 aliphatic heterocycles. The van der Waals surface area contributed by atoms with Gasteiger partial charge in [0, 0.05) is 25.3 Å². The van der Waals surface area contributed by atoms with Gasteiger partial charge in [0.15, 0.2) is 0 Å². The number of rotatable bonds is 3. The minimum absolute atomic E-state index is 0.585. The van der Waals surface area contributed by atoms with Gasteiger partial charge in [0.1, 0.15) is 0 Å². The van der Waals surface area contributed by atoms with E-state index in [2.05, 4.69) is 22.0 Å². The Bertz CT molecular complexity index is 399. The van der Waals surface area contributed by atoms with E-state index in [0.717, 1.165) is 24.1 Å². The van der Waals surface area contributed by atoms with Crippen molar-refractivity contribution in [3.05, 3.63) is 29.6 Å². The fourth-order valence-electron chi connectivity index (χ4n) is 3.80. The van der Waals surface area contributed by atoms with Gasteiger partial charge in [-0.05, 0) is 49.8 Å². The van der Waals surface area contributed by atoms with E-state index in [-0.39, 0.29) is 0 Å². The maximum Gasteiger partial charge on any atom is 0.0544 e. The third-order valence-electron chi connectivity index (χ3n) is 4.84. The van der Waals surface area contributed by atoms with Crippen LogP contribution in [-0.2, 0) is 13.1 Å². The third kappa shape index (κ3) is 2.98. The van der Waals surface area contributed by atoms with Crippen LogP contribution in [0.15, 0.2) is 18.3 Å². The van der Waals surface area contributed by atoms with Crippen LogP contribution in [0.5, 0.6) is 0 Å². The molecule has 2 atom stereocenters. The zero-order chi connectivity index (χ0) is 13.1. The number of hydrogen-bond acceptors (Lipinski definition) is 3. The van der Waals surface area contributed by atoms with E-state index in [4.69, 9.17) is 5.73 Å². The summed E-state index contributed by atoms with van der Waals surface area (Å²) in [7, 11) is 0. The van der Waals surface area contributed by atoms with Gasteiger partial charge in [0.25, 0.3) is 0 Å². The molecule has 0 radical (unpaired) electrons. The van der Waals surface area contributed by atoms with Crippen molar-refractivity contribution in [2.45, 2.75) is 57.7 Å². The lowest BCUT2D eigenvalue weighted by Crippen LogP contribution is -2.46. The molecule has 2 aliphatic rings. The Morgan fingerprint density at radius 2 is 2.00 bits per heavy atom. The Labute approximate surface area is 116 Å². The van der Waals surface area contributed by atoms with Gasteiger partial charge >= 0.3 is 0 Å². The van der Waals surface area contributed by atoms with Crippen molar-refractivity contribution >= 4 is 0 Å². The molecule has 104 valence electrons. The number of pyridine rings is 1. The minimum Gasteiger partial charge on any atom is -0.326 e. The van der Waals surface area contributed by atoms with Crippen molar-refractivity contribution in [2.75, 3.05) is 6.54 Å². The summed E-state index contributed by atoms with van der Waals surface area (Å²) < 4.78 is 0. The molecule has 1 saturated carbocycles. The van der Waals surface area contributed by atoms with Crippen LogP contribution in [0, 0.1) is 5.92 Å². The molecule has 0 bridgehead atoms. The van der Waals surface area contributed by atoms with Crippen LogP contribution in [-0.4, -0.2) is 22.5 Å². The quantitative estimate of drug-likeness (QED) is 0.907. The fraction of sp³-hybridized carbons (Fsp3) is 0.688. The fourth-order valence-corrected chi connectivity index (χ4v) is 3.80. The topological polar surface area (TPSA) is 42.1 Å². The number of nitrogens with two attached hydrogens (primary N) is 1. The van der Waals surface area contributed by atoms with E-state index >= 15 is 0 Å². The number of fused-ring (bicyclic) bond motifs is 1. The van der Waals surface area contributed by atoms with Crippen molar-refractivity contribution in [3.8, 4) is 0 Å². The van der Waals surface area contributed by atoms with E-state index in [0.29, 0.717) is 6.54 Å². The van der Waals surface area contributed by atoms with Gasteiger partial charge in [0.2, 0.25) is 0 Å². The second-order valence-corrected chi connectivity index (χ2v) is 6.09. The Hall–Kier alpha value is -0.930. The van der Waals surface area contributed by atoms with Crippen LogP contribution in [0.1, 0.15) is 49.8 Å². The zero-order valence-corrected chi connectivity index (χ0v) is 11.7. The average molecular weight is 259 g/mol. The first kappa shape index (κ1) is 13.1. The summed E-state index contributed by atoms with van der Waals surface area (Å²) in [6, 6.07) is 5.08. The molecular formula is C16H25N3. The first-order valence-corrected chi connectivity index (χ1v) is 7.75. The molecule has 1 aromatic rings. The molecule has 2 heterocycles. The number of piperidine rings is 1. The Morgan fingerprint density at radius 1 is 1.16 bits per heavy atom. The molecule has 0 amide bonds. The van der Waals surface area contributed by atoms with E-state index in [1.807, 2.05) is 6.20 Å². The van der Waals surface area contributed by atoms with E-state index in [1.165, 1.54) is 50.8 Å². The maximum absolute atomic E-state index is 5.62. The molecule has 1 aromatic heterocycles. The van der Waals surface area contributed by atoms with Crippen LogP contribution in [0.2, 0.25) is 0 Å². The highest BCUT2D eigenvalue weighted by molar-refractivity contribution is 5.14. The van der Waals surface area contributed by atoms with Gasteiger partial charge in [0.05, 0.1) is 5.69 Å². The van der Waals surface area contributed by atoms with Crippen molar-refractivity contribution in [3.63, 3.8) is 0 Å². The first-order valence-electron chi connectivity index (χ1n) is 7.75. The van der Waals surface area contributed by atoms with E-state index < -0.39 is 0 Å². The number of aromatic nitrogens is 1. The molecule has 3 rings (SSSR count). The normalized spacial score (nSPS) is 28.1. The molecule has 3 heteroatoms. The van der Waals surface area contributed by atoms with Crippen LogP contribution in [0.3, 0.4) is 0 Å². The lowest BCUT2D eigenvalue weighted by atomic mass is 9.78. The van der Waals surface area contributed by atoms with Crippen LogP contribution < -0.4 is 5.73 Å². The summed E-state index contributed by atoms with van der Waals surface area (Å²) in [4.78, 5) is 7.24. The molecule has 0 spiro atoms. The summed E-state index contributed by atoms with van der Waals surface area (Å²) in [6.07, 6.45) is 10.4. The SMILES string of the molecule is NCc1ccc(CN2CCCC3CCCCC32)nc1. The zero-order valence-electron chi connectivity index (χ0n) is 11.7. The Morgan fingerprint density at radius 3 is 2.79 bits per heavy atom. The van der Waals surface area contributed by atoms with Crippen molar-refractivity contribution in [2.24, 2.45) is 11.7 Å². The van der Waals surface area contributed by atoms with Crippen molar-refractivity contribution in [1.82, 2.24) is 9.88 Å². The predicted octanol–water partition coefficient (Wildman–Crippen LogP) is 2.69. The molecule has 2 unspecified atom stereocenters. The molecule has 3 nitrogen and oxygen atoms in total. The second-order valence-electron chi connectivity index (χ2n) is 6.09. The highest BCUT2D eigenvalue weighted by atomic mass is 15.2. The molecular weight excluding hydrogens is 234 g/mol. The molecule has 1 aliphatic carbocycles. The smallest absolute Gasteiger partial charge is 0.0544 e. The van der Waals surface area contributed by atoms with E-state index in [1.54, 1.807) is 0 Å². The van der Waals surface area contributed by atoms with Crippen LogP contribution in [0.25, 0.3) is 0 Å². The third-order valence-corrected chi connectivity index (χ3v) is 4.84. The lowest BCUT2D eigenvalue weighted by molar-refractivity contribution is 0.0537. The summed E-state index contributed by atoms with van der Waals surface area (Å²) in [5, 5.41) is 0. The summed E-state index contributed by atoms with van der Waals surface area (Å²) in [6.45, 7) is 2.86. The molecule has 1 saturated heterocycles. The van der Waals surface area contributed by atoms with Gasteiger partial charge in [-0.3, -0.25) is 9.88 Å². The highest BCUT2D eigenvalue weighted by Crippen LogP contribution is 2.35. The summed E-state index contributed by atoms with van der Waals surface area (Å²) in [5.74, 6) is 0.950. The minimum atomic E-state index is 0.585. The maximum atomic E-state index is 5.62. The van der Waals surface area contributed by atoms with Gasteiger partial charge < -0.3 is 5.73 Å². The molecule has 19 heavy (non-hydrogen) atoms. The standard InChI is InChI=1S/C16H25N3/c17-10-13-7-8-15(18-11-13)12-19-9-3-5-14-4-1-2-6-16(14)19/h7-8,11,14,16H,1-6,9-10,12,17H2. The molecule has 2 N–H and O–H groups in total. The Kier molecular flexibility index (Phi) is 4.14. The second kappa shape index (κ2) is 6.02. The van der Waals surface area contributed by atoms with E-state index in [9.17, 15) is 0 Å². The number of hydrogen-bond donors (Lipinski definition) is 1. The lowest BCUT2D eigenvalue weighted by Gasteiger charge is -2.44. The number of likely N-dealkylation sites (tertiary alicyclic amines) is 1. The summed E-state index contributed by atoms with van der Waals surface area (Å²) in [5.41, 5.74) is 7.94.